The topological polar surface area (TPSA) is 42.4 Å². The van der Waals surface area contributed by atoms with Gasteiger partial charge in [0.2, 0.25) is 5.89 Å². The summed E-state index contributed by atoms with van der Waals surface area (Å²) in [6.07, 6.45) is 0. The summed E-state index contributed by atoms with van der Waals surface area (Å²) in [6, 6.07) is 59.2. The molecule has 10 rings (SSSR count). The molecule has 0 radical (unpaired) electrons. The number of para-hydroxylation sites is 2. The van der Waals surface area contributed by atoms with Gasteiger partial charge in [-0.2, -0.15) is 0 Å². The SMILES string of the molecule is c1ccc(-c2nc3ccc4cc(N(c5ccccc5)c5ccc(-c6ccc7oc8ccccc8c7c6)cc5)c5ccccc5c4c3o2)cc1. The quantitative estimate of drug-likeness (QED) is 0.178. The number of aromatic nitrogens is 1. The molecule has 0 aliphatic heterocycles. The molecule has 0 atom stereocenters. The van der Waals surface area contributed by atoms with Gasteiger partial charge in [-0.15, -0.1) is 0 Å². The van der Waals surface area contributed by atoms with Crippen molar-refractivity contribution in [2.75, 3.05) is 4.90 Å². The average molecular weight is 629 g/mol. The van der Waals surface area contributed by atoms with Crippen LogP contribution in [0.4, 0.5) is 17.1 Å². The number of anilines is 3. The van der Waals surface area contributed by atoms with Gasteiger partial charge in [-0.3, -0.25) is 0 Å². The molecule has 230 valence electrons. The van der Waals surface area contributed by atoms with Crippen LogP contribution in [0.25, 0.3) is 77.2 Å². The molecule has 0 spiro atoms. The van der Waals surface area contributed by atoms with Gasteiger partial charge in [0.25, 0.3) is 0 Å². The molecule has 0 fully saturated rings. The van der Waals surface area contributed by atoms with Gasteiger partial charge in [-0.05, 0) is 88.6 Å². The Morgan fingerprint density at radius 3 is 1.90 bits per heavy atom. The van der Waals surface area contributed by atoms with Gasteiger partial charge < -0.3 is 13.7 Å². The fourth-order valence-corrected chi connectivity index (χ4v) is 7.16. The molecule has 8 aromatic carbocycles. The summed E-state index contributed by atoms with van der Waals surface area (Å²) in [5.41, 5.74) is 9.97. The van der Waals surface area contributed by atoms with Gasteiger partial charge >= 0.3 is 0 Å². The third-order valence-electron chi connectivity index (χ3n) is 9.47. The molecule has 4 heteroatoms. The van der Waals surface area contributed by atoms with Crippen molar-refractivity contribution in [2.24, 2.45) is 0 Å². The van der Waals surface area contributed by atoms with Crippen LogP contribution in [0.2, 0.25) is 0 Å². The number of nitrogens with zero attached hydrogens (tertiary/aromatic N) is 2. The summed E-state index contributed by atoms with van der Waals surface area (Å²) >= 11 is 0. The normalized spacial score (nSPS) is 11.7. The lowest BCUT2D eigenvalue weighted by Gasteiger charge is -2.27. The summed E-state index contributed by atoms with van der Waals surface area (Å²) < 4.78 is 12.6. The predicted molar refractivity (Wildman–Crippen MR) is 202 cm³/mol. The van der Waals surface area contributed by atoms with Crippen LogP contribution in [-0.4, -0.2) is 4.98 Å². The number of hydrogen-bond donors (Lipinski definition) is 0. The maximum absolute atomic E-state index is 6.51. The minimum atomic E-state index is 0.627. The van der Waals surface area contributed by atoms with E-state index in [0.29, 0.717) is 5.89 Å². The number of rotatable bonds is 5. The van der Waals surface area contributed by atoms with Crippen molar-refractivity contribution in [1.82, 2.24) is 4.98 Å². The first kappa shape index (κ1) is 27.5. The van der Waals surface area contributed by atoms with Gasteiger partial charge in [0.1, 0.15) is 16.7 Å². The first-order valence-corrected chi connectivity index (χ1v) is 16.5. The van der Waals surface area contributed by atoms with Gasteiger partial charge in [-0.25, -0.2) is 4.98 Å². The minimum Gasteiger partial charge on any atom is -0.456 e. The molecule has 10 aromatic rings. The van der Waals surface area contributed by atoms with E-state index in [1.165, 1.54) is 0 Å². The van der Waals surface area contributed by atoms with E-state index in [9.17, 15) is 0 Å². The summed E-state index contributed by atoms with van der Waals surface area (Å²) in [7, 11) is 0. The molecule has 0 aliphatic rings. The minimum absolute atomic E-state index is 0.627. The zero-order chi connectivity index (χ0) is 32.3. The lowest BCUT2D eigenvalue weighted by Crippen LogP contribution is -2.10. The number of oxazole rings is 1. The third kappa shape index (κ3) is 4.49. The second-order valence-electron chi connectivity index (χ2n) is 12.4. The van der Waals surface area contributed by atoms with Crippen molar-refractivity contribution in [1.29, 1.82) is 0 Å². The molecular formula is C45H28N2O2. The van der Waals surface area contributed by atoms with Crippen molar-refractivity contribution >= 4 is 71.6 Å². The maximum Gasteiger partial charge on any atom is 0.227 e. The molecule has 0 amide bonds. The van der Waals surface area contributed by atoms with Crippen molar-refractivity contribution in [3.05, 3.63) is 170 Å². The maximum atomic E-state index is 6.51. The number of furan rings is 1. The lowest BCUT2D eigenvalue weighted by molar-refractivity contribution is 0.623. The van der Waals surface area contributed by atoms with Crippen molar-refractivity contribution in [3.63, 3.8) is 0 Å². The van der Waals surface area contributed by atoms with Crippen LogP contribution in [0.1, 0.15) is 0 Å². The molecule has 0 aliphatic carbocycles. The van der Waals surface area contributed by atoms with E-state index in [2.05, 4.69) is 132 Å². The van der Waals surface area contributed by atoms with Crippen molar-refractivity contribution < 1.29 is 8.83 Å². The Labute approximate surface area is 282 Å². The average Bonchev–Trinajstić information content (AvgIpc) is 3.78. The zero-order valence-corrected chi connectivity index (χ0v) is 26.4. The Morgan fingerprint density at radius 2 is 1.08 bits per heavy atom. The van der Waals surface area contributed by atoms with Crippen LogP contribution in [0.15, 0.2) is 179 Å². The van der Waals surface area contributed by atoms with Crippen LogP contribution < -0.4 is 4.90 Å². The number of fused-ring (bicyclic) bond motifs is 8. The molecule has 0 N–H and O–H groups in total. The molecule has 0 saturated heterocycles. The molecule has 0 saturated carbocycles. The van der Waals surface area contributed by atoms with Crippen molar-refractivity contribution in [2.45, 2.75) is 0 Å². The monoisotopic (exact) mass is 628 g/mol. The lowest BCUT2D eigenvalue weighted by atomic mass is 9.98. The molecule has 0 unspecified atom stereocenters. The largest absolute Gasteiger partial charge is 0.456 e. The summed E-state index contributed by atoms with van der Waals surface area (Å²) in [5.74, 6) is 0.627. The molecule has 49 heavy (non-hydrogen) atoms. The van der Waals surface area contributed by atoms with E-state index in [1.54, 1.807) is 0 Å². The van der Waals surface area contributed by atoms with Gasteiger partial charge in [0.15, 0.2) is 5.58 Å². The van der Waals surface area contributed by atoms with E-state index >= 15 is 0 Å². The second-order valence-corrected chi connectivity index (χ2v) is 12.4. The van der Waals surface area contributed by atoms with Gasteiger partial charge in [-0.1, -0.05) is 103 Å². The highest BCUT2D eigenvalue weighted by molar-refractivity contribution is 6.22. The van der Waals surface area contributed by atoms with Crippen LogP contribution in [-0.2, 0) is 0 Å². The van der Waals surface area contributed by atoms with E-state index in [-0.39, 0.29) is 0 Å². The zero-order valence-electron chi connectivity index (χ0n) is 26.4. The highest BCUT2D eigenvalue weighted by atomic mass is 16.3. The highest BCUT2D eigenvalue weighted by Crippen LogP contribution is 2.44. The molecular weight excluding hydrogens is 601 g/mol. The first-order chi connectivity index (χ1) is 24.3. The molecule has 2 heterocycles. The Hall–Kier alpha value is -6.65. The fourth-order valence-electron chi connectivity index (χ4n) is 7.16. The van der Waals surface area contributed by atoms with E-state index in [4.69, 9.17) is 13.8 Å². The smallest absolute Gasteiger partial charge is 0.227 e. The van der Waals surface area contributed by atoms with E-state index in [0.717, 1.165) is 88.3 Å². The Morgan fingerprint density at radius 1 is 0.429 bits per heavy atom. The molecule has 0 bridgehead atoms. The highest BCUT2D eigenvalue weighted by Gasteiger charge is 2.20. The first-order valence-electron chi connectivity index (χ1n) is 16.5. The van der Waals surface area contributed by atoms with E-state index in [1.807, 2.05) is 42.5 Å². The molecule has 4 nitrogen and oxygen atoms in total. The third-order valence-corrected chi connectivity index (χ3v) is 9.47. The standard InChI is InChI=1S/C45H28N2O2/c1-3-11-30(12-4-1)45-46-39-25-21-32-28-40(35-15-7-8-17-37(35)43(32)44(39)49-45)47(33-13-5-2-6-14-33)34-23-19-29(20-24-34)31-22-26-42-38(27-31)36-16-9-10-18-41(36)48-42/h1-28H. The molecule has 2 aromatic heterocycles. The van der Waals surface area contributed by atoms with Gasteiger partial charge in [0, 0.05) is 38.5 Å². The summed E-state index contributed by atoms with van der Waals surface area (Å²) in [6.45, 7) is 0. The van der Waals surface area contributed by atoms with Crippen LogP contribution in [0.3, 0.4) is 0 Å². The van der Waals surface area contributed by atoms with Crippen molar-refractivity contribution in [3.8, 4) is 22.6 Å². The predicted octanol–water partition coefficient (Wildman–Crippen LogP) is 12.8. The fraction of sp³-hybridized carbons (Fsp3) is 0. The second kappa shape index (κ2) is 11.0. The number of benzene rings is 8. The van der Waals surface area contributed by atoms with Crippen LogP contribution in [0, 0.1) is 0 Å². The number of hydrogen-bond acceptors (Lipinski definition) is 4. The van der Waals surface area contributed by atoms with Gasteiger partial charge in [0.05, 0.1) is 5.69 Å². The summed E-state index contributed by atoms with van der Waals surface area (Å²) in [4.78, 5) is 7.22. The van der Waals surface area contributed by atoms with Crippen LogP contribution in [0.5, 0.6) is 0 Å². The van der Waals surface area contributed by atoms with Crippen LogP contribution >= 0.6 is 0 Å². The Balaban J connectivity index is 1.13. The van der Waals surface area contributed by atoms with E-state index < -0.39 is 0 Å². The Kier molecular flexibility index (Phi) is 6.15. The Bertz CT molecular complexity index is 2820. The summed E-state index contributed by atoms with van der Waals surface area (Å²) in [5, 5.41) is 6.67.